The van der Waals surface area contributed by atoms with Crippen LogP contribution in [0.2, 0.25) is 0 Å². The highest BCUT2D eigenvalue weighted by atomic mass is 19.1. The van der Waals surface area contributed by atoms with Gasteiger partial charge in [-0.1, -0.05) is 58.9 Å². The smallest absolute Gasteiger partial charge is 0.312 e. The first-order chi connectivity index (χ1) is 24.3. The molecule has 6 nitrogen and oxygen atoms in total. The van der Waals surface area contributed by atoms with Gasteiger partial charge in [0, 0.05) is 18.6 Å². The van der Waals surface area contributed by atoms with Gasteiger partial charge in [-0.2, -0.15) is 0 Å². The lowest BCUT2D eigenvalue weighted by molar-refractivity contribution is -0.221. The number of nitrogens with zero attached hydrogens (tertiary/aromatic N) is 1. The summed E-state index contributed by atoms with van der Waals surface area (Å²) in [5.41, 5.74) is 2.55. The molecule has 0 unspecified atom stereocenters. The molecule has 7 heteroatoms. The van der Waals surface area contributed by atoms with Crippen LogP contribution in [-0.4, -0.2) is 64.4 Å². The van der Waals surface area contributed by atoms with Gasteiger partial charge in [0.2, 0.25) is 5.91 Å². The lowest BCUT2D eigenvalue weighted by Crippen LogP contribution is -2.68. The van der Waals surface area contributed by atoms with E-state index < -0.39 is 23.7 Å². The van der Waals surface area contributed by atoms with Gasteiger partial charge in [-0.15, -0.1) is 0 Å². The summed E-state index contributed by atoms with van der Waals surface area (Å²) in [5, 5.41) is 24.3. The molecule has 0 aromatic carbocycles. The van der Waals surface area contributed by atoms with Crippen LogP contribution < -0.4 is 5.32 Å². The Balaban J connectivity index is 1.14. The van der Waals surface area contributed by atoms with Crippen molar-refractivity contribution in [2.24, 2.45) is 56.7 Å². The van der Waals surface area contributed by atoms with E-state index in [0.29, 0.717) is 74.9 Å². The minimum atomic E-state index is -1.26. The molecule has 7 rings (SSSR count). The Bertz CT molecular complexity index is 1540. The number of rotatable bonds is 7. The fourth-order valence-corrected chi connectivity index (χ4v) is 14.7. The van der Waals surface area contributed by atoms with Crippen molar-refractivity contribution in [1.29, 1.82) is 0 Å². The maximum atomic E-state index is 14.0. The van der Waals surface area contributed by atoms with Crippen molar-refractivity contribution in [3.63, 3.8) is 0 Å². The number of hydrogen-bond donors (Lipinski definition) is 3. The fraction of sp³-hybridized carbons (Fsp3) is 0.822. The second-order valence-electron chi connectivity index (χ2n) is 20.8. The molecule has 4 saturated carbocycles. The van der Waals surface area contributed by atoms with Gasteiger partial charge in [0.05, 0.1) is 17.6 Å². The zero-order valence-corrected chi connectivity index (χ0v) is 33.5. The van der Waals surface area contributed by atoms with Crippen LogP contribution in [0.4, 0.5) is 4.39 Å². The third-order valence-electron chi connectivity index (χ3n) is 18.1. The van der Waals surface area contributed by atoms with Crippen molar-refractivity contribution in [3.8, 4) is 0 Å². The number of hydrogen-bond acceptors (Lipinski definition) is 4. The molecule has 1 aliphatic heterocycles. The largest absolute Gasteiger partial charge is 0.481 e. The van der Waals surface area contributed by atoms with Crippen molar-refractivity contribution >= 4 is 11.9 Å². The molecule has 5 fully saturated rings. The number of carboxylic acid groups (broad SMARTS) is 1. The summed E-state index contributed by atoms with van der Waals surface area (Å²) in [6.45, 7) is 22.4. The van der Waals surface area contributed by atoms with Crippen LogP contribution in [0.5, 0.6) is 0 Å². The predicted molar refractivity (Wildman–Crippen MR) is 205 cm³/mol. The quantitative estimate of drug-likeness (QED) is 0.229. The number of piperidine rings is 1. The third-order valence-corrected chi connectivity index (χ3v) is 18.1. The molecule has 0 spiro atoms. The van der Waals surface area contributed by atoms with E-state index >= 15 is 0 Å². The van der Waals surface area contributed by atoms with Gasteiger partial charge in [-0.3, -0.25) is 9.59 Å². The summed E-state index contributed by atoms with van der Waals surface area (Å²) in [5.74, 6) is 1.87. The number of allylic oxidation sites excluding steroid dienone is 5. The van der Waals surface area contributed by atoms with Gasteiger partial charge in [-0.05, 0) is 166 Å². The topological polar surface area (TPSA) is 89.9 Å². The minimum absolute atomic E-state index is 0.0321. The van der Waals surface area contributed by atoms with E-state index in [1.807, 2.05) is 11.8 Å². The average Bonchev–Trinajstić information content (AvgIpc) is 3.48. The number of carboxylic acids is 1. The summed E-state index contributed by atoms with van der Waals surface area (Å²) in [6, 6.07) is 0. The van der Waals surface area contributed by atoms with E-state index in [-0.39, 0.29) is 39.5 Å². The Hall–Kier alpha value is -1.99. The standard InChI is InChI=1S/C45H69FN2O4/c1-29(2)31-13-20-45(47-27-36(49)48-25-23-40(5,52)24-26-48)22-21-42(7)33(37(31)45)9-10-35-41(6)16-14-32(39(3,4)34(41)15-17-43(35,42)8)30-11-18-44(28-46,19-12-30)38(50)51/h11,14,31,33-35,37,47,52H,1,9-10,12-13,15-28H2,2-8H3,(H,50,51)/t31-,33+,34-,35+,37+,41-,42+,43+,44-,45-/m0/s1. The summed E-state index contributed by atoms with van der Waals surface area (Å²) < 4.78 is 14.0. The van der Waals surface area contributed by atoms with Gasteiger partial charge >= 0.3 is 5.97 Å². The lowest BCUT2D eigenvalue weighted by Gasteiger charge is -2.72. The highest BCUT2D eigenvalue weighted by Gasteiger charge is 2.70. The first kappa shape index (κ1) is 38.3. The summed E-state index contributed by atoms with van der Waals surface area (Å²) in [7, 11) is 0. The monoisotopic (exact) mass is 721 g/mol. The molecule has 0 aromatic rings. The number of alkyl halides is 1. The Kier molecular flexibility index (Phi) is 9.41. The minimum Gasteiger partial charge on any atom is -0.481 e. The second kappa shape index (κ2) is 12.8. The number of halogens is 1. The molecule has 0 aromatic heterocycles. The van der Waals surface area contributed by atoms with E-state index in [4.69, 9.17) is 0 Å². The van der Waals surface area contributed by atoms with Crippen LogP contribution in [0.3, 0.4) is 0 Å². The summed E-state index contributed by atoms with van der Waals surface area (Å²) in [4.78, 5) is 27.5. The van der Waals surface area contributed by atoms with Crippen molar-refractivity contribution in [3.05, 3.63) is 35.5 Å². The molecular formula is C45H69FN2O4. The highest BCUT2D eigenvalue weighted by molar-refractivity contribution is 5.78. The molecule has 290 valence electrons. The number of aliphatic carboxylic acids is 1. The molecule has 7 aliphatic rings. The fourth-order valence-electron chi connectivity index (χ4n) is 14.7. The number of fused-ring (bicyclic) bond motifs is 7. The lowest BCUT2D eigenvalue weighted by atomic mass is 9.33. The normalized spacial score (nSPS) is 45.0. The highest BCUT2D eigenvalue weighted by Crippen LogP contribution is 2.76. The number of nitrogens with one attached hydrogen (secondary N) is 1. The number of likely N-dealkylation sites (tertiary alicyclic amines) is 1. The Labute approximate surface area is 313 Å². The van der Waals surface area contributed by atoms with Gasteiger partial charge in [0.1, 0.15) is 6.67 Å². The molecule has 0 radical (unpaired) electrons. The Morgan fingerprint density at radius 2 is 1.60 bits per heavy atom. The van der Waals surface area contributed by atoms with E-state index in [0.717, 1.165) is 25.7 Å². The molecule has 0 bridgehead atoms. The first-order valence-electron chi connectivity index (χ1n) is 20.9. The van der Waals surface area contributed by atoms with E-state index in [1.54, 1.807) is 0 Å². The molecule has 1 heterocycles. The molecule has 6 aliphatic carbocycles. The first-order valence-corrected chi connectivity index (χ1v) is 20.9. The molecule has 52 heavy (non-hydrogen) atoms. The molecule has 1 amide bonds. The number of amides is 1. The molecule has 3 N–H and O–H groups in total. The van der Waals surface area contributed by atoms with E-state index in [2.05, 4.69) is 65.6 Å². The number of carbonyl (C=O) groups excluding carboxylic acids is 1. The molecular weight excluding hydrogens is 652 g/mol. The zero-order chi connectivity index (χ0) is 37.7. The van der Waals surface area contributed by atoms with Crippen LogP contribution in [-0.2, 0) is 9.59 Å². The van der Waals surface area contributed by atoms with Crippen LogP contribution in [0.1, 0.15) is 138 Å². The van der Waals surface area contributed by atoms with Gasteiger partial charge in [0.25, 0.3) is 0 Å². The Morgan fingerprint density at radius 3 is 2.21 bits per heavy atom. The van der Waals surface area contributed by atoms with Crippen LogP contribution in [0.15, 0.2) is 35.5 Å². The maximum absolute atomic E-state index is 14.0. The predicted octanol–water partition coefficient (Wildman–Crippen LogP) is 9.05. The van der Waals surface area contributed by atoms with Crippen LogP contribution >= 0.6 is 0 Å². The van der Waals surface area contributed by atoms with Crippen molar-refractivity contribution < 1.29 is 24.2 Å². The van der Waals surface area contributed by atoms with Gasteiger partial charge in [-0.25, -0.2) is 4.39 Å². The Morgan fingerprint density at radius 1 is 0.885 bits per heavy atom. The number of aliphatic hydroxyl groups is 1. The van der Waals surface area contributed by atoms with Crippen molar-refractivity contribution in [2.75, 3.05) is 26.3 Å². The van der Waals surface area contributed by atoms with Crippen molar-refractivity contribution in [1.82, 2.24) is 10.2 Å². The van der Waals surface area contributed by atoms with Gasteiger partial charge < -0.3 is 20.4 Å². The van der Waals surface area contributed by atoms with E-state index in [9.17, 15) is 24.2 Å². The SMILES string of the molecule is C=C(C)[C@@H]1CC[C@]2(NCC(=O)N3CCC(C)(O)CC3)CC[C@]3(C)[C@H](CC[C@@H]4[C@@]5(C)CC=C(C6=CC[C@](CF)(C(=O)O)CC6)C(C)(C)[C@@H]5CC[C@]43C)[C@@H]12. The maximum Gasteiger partial charge on any atom is 0.312 e. The molecule has 10 atom stereocenters. The third kappa shape index (κ3) is 5.57. The van der Waals surface area contributed by atoms with E-state index in [1.165, 1.54) is 48.8 Å². The van der Waals surface area contributed by atoms with Gasteiger partial charge in [0.15, 0.2) is 0 Å². The van der Waals surface area contributed by atoms with Crippen LogP contribution in [0.25, 0.3) is 0 Å². The molecule has 1 saturated heterocycles. The summed E-state index contributed by atoms with van der Waals surface area (Å²) in [6.07, 6.45) is 17.7. The average molecular weight is 721 g/mol. The summed E-state index contributed by atoms with van der Waals surface area (Å²) >= 11 is 0. The zero-order valence-electron chi connectivity index (χ0n) is 33.5. The van der Waals surface area contributed by atoms with Crippen LogP contribution in [0, 0.1) is 56.7 Å². The second-order valence-corrected chi connectivity index (χ2v) is 20.8. The number of carbonyl (C=O) groups is 2. The van der Waals surface area contributed by atoms with Crippen molar-refractivity contribution in [2.45, 2.75) is 149 Å².